The number of pyridine rings is 1. The molecule has 1 heterocycles. The molecule has 0 saturated heterocycles. The second-order valence-electron chi connectivity index (χ2n) is 3.79. The number of nitrogens with two attached hydrogens (primary N) is 1. The van der Waals surface area contributed by atoms with Crippen molar-refractivity contribution in [3.05, 3.63) is 63.9 Å². The molecule has 1 aromatic carbocycles. The van der Waals surface area contributed by atoms with Crippen molar-refractivity contribution in [3.8, 4) is 0 Å². The Hall–Kier alpha value is -2.03. The second-order valence-corrected chi connectivity index (χ2v) is 3.79. The normalized spacial score (nSPS) is 10.2. The van der Waals surface area contributed by atoms with E-state index in [2.05, 4.69) is 17.1 Å². The highest BCUT2D eigenvalue weighted by Crippen LogP contribution is 2.07. The standard InChI is InChI=1S/C13H14N2O/c14-12-8-11(9-13(16)15-12)7-6-10-4-2-1-3-5-10/h1-5,8-9H,6-7H2,(H3,14,15,16). The maximum Gasteiger partial charge on any atom is 0.249 e. The third-order valence-electron chi connectivity index (χ3n) is 2.47. The number of aromatic nitrogens is 1. The topological polar surface area (TPSA) is 58.9 Å². The van der Waals surface area contributed by atoms with Crippen molar-refractivity contribution in [1.29, 1.82) is 0 Å². The van der Waals surface area contributed by atoms with Gasteiger partial charge in [-0.25, -0.2) is 0 Å². The number of H-pyrrole nitrogens is 1. The second kappa shape index (κ2) is 4.66. The van der Waals surface area contributed by atoms with E-state index in [4.69, 9.17) is 5.73 Å². The fourth-order valence-electron chi connectivity index (χ4n) is 1.70. The maximum absolute atomic E-state index is 11.2. The molecule has 2 aromatic rings. The van der Waals surface area contributed by atoms with Crippen LogP contribution in [-0.2, 0) is 12.8 Å². The monoisotopic (exact) mass is 214 g/mol. The van der Waals surface area contributed by atoms with Crippen LogP contribution in [0, 0.1) is 0 Å². The molecule has 0 saturated carbocycles. The third kappa shape index (κ3) is 2.73. The Balaban J connectivity index is 2.08. The number of hydrogen-bond acceptors (Lipinski definition) is 2. The van der Waals surface area contributed by atoms with Gasteiger partial charge < -0.3 is 10.7 Å². The lowest BCUT2D eigenvalue weighted by Crippen LogP contribution is -2.09. The van der Waals surface area contributed by atoms with E-state index in [0.717, 1.165) is 18.4 Å². The first-order valence-corrected chi connectivity index (χ1v) is 5.27. The molecule has 3 nitrogen and oxygen atoms in total. The van der Waals surface area contributed by atoms with Crippen molar-refractivity contribution < 1.29 is 0 Å². The molecule has 0 aliphatic heterocycles. The summed E-state index contributed by atoms with van der Waals surface area (Å²) < 4.78 is 0. The SMILES string of the molecule is Nc1cc(CCc2ccccc2)cc(=O)[nH]1. The molecular formula is C13H14N2O. The summed E-state index contributed by atoms with van der Waals surface area (Å²) in [5.74, 6) is 0.426. The Morgan fingerprint density at radius 3 is 2.38 bits per heavy atom. The van der Waals surface area contributed by atoms with Crippen LogP contribution in [0.3, 0.4) is 0 Å². The van der Waals surface area contributed by atoms with Gasteiger partial charge in [0.1, 0.15) is 5.82 Å². The van der Waals surface area contributed by atoms with Gasteiger partial charge in [-0.1, -0.05) is 30.3 Å². The zero-order chi connectivity index (χ0) is 11.4. The average molecular weight is 214 g/mol. The first kappa shape index (κ1) is 10.5. The molecule has 0 bridgehead atoms. The van der Waals surface area contributed by atoms with Crippen molar-refractivity contribution in [1.82, 2.24) is 4.98 Å². The van der Waals surface area contributed by atoms with Crippen molar-refractivity contribution >= 4 is 5.82 Å². The summed E-state index contributed by atoms with van der Waals surface area (Å²) in [5.41, 5.74) is 7.68. The minimum Gasteiger partial charge on any atom is -0.385 e. The van der Waals surface area contributed by atoms with E-state index in [1.54, 1.807) is 6.07 Å². The van der Waals surface area contributed by atoms with Gasteiger partial charge in [0, 0.05) is 6.07 Å². The predicted molar refractivity (Wildman–Crippen MR) is 65.3 cm³/mol. The molecule has 82 valence electrons. The molecule has 0 radical (unpaired) electrons. The number of nitrogens with one attached hydrogen (secondary N) is 1. The molecule has 3 N–H and O–H groups in total. The Morgan fingerprint density at radius 2 is 1.69 bits per heavy atom. The highest BCUT2D eigenvalue weighted by molar-refractivity contribution is 5.32. The van der Waals surface area contributed by atoms with E-state index in [1.807, 2.05) is 24.3 Å². The lowest BCUT2D eigenvalue weighted by molar-refractivity contribution is 0.952. The lowest BCUT2D eigenvalue weighted by atomic mass is 10.1. The number of benzene rings is 1. The molecular weight excluding hydrogens is 200 g/mol. The molecule has 1 aromatic heterocycles. The van der Waals surface area contributed by atoms with Gasteiger partial charge in [0.05, 0.1) is 0 Å². The summed E-state index contributed by atoms with van der Waals surface area (Å²) in [6, 6.07) is 13.6. The lowest BCUT2D eigenvalue weighted by Gasteiger charge is -2.02. The van der Waals surface area contributed by atoms with Crippen LogP contribution >= 0.6 is 0 Å². The zero-order valence-electron chi connectivity index (χ0n) is 8.94. The molecule has 16 heavy (non-hydrogen) atoms. The molecule has 0 unspecified atom stereocenters. The summed E-state index contributed by atoms with van der Waals surface area (Å²) in [7, 11) is 0. The van der Waals surface area contributed by atoms with Crippen molar-refractivity contribution in [2.45, 2.75) is 12.8 Å². The van der Waals surface area contributed by atoms with Gasteiger partial charge in [0.2, 0.25) is 5.56 Å². The van der Waals surface area contributed by atoms with Gasteiger partial charge in [0.15, 0.2) is 0 Å². The van der Waals surface area contributed by atoms with E-state index in [1.165, 1.54) is 5.56 Å². The van der Waals surface area contributed by atoms with Gasteiger partial charge in [-0.3, -0.25) is 4.79 Å². The average Bonchev–Trinajstić information content (AvgIpc) is 2.27. The summed E-state index contributed by atoms with van der Waals surface area (Å²) in [4.78, 5) is 13.7. The van der Waals surface area contributed by atoms with E-state index in [0.29, 0.717) is 5.82 Å². The maximum atomic E-state index is 11.2. The van der Waals surface area contributed by atoms with Crippen molar-refractivity contribution in [2.24, 2.45) is 0 Å². The van der Waals surface area contributed by atoms with E-state index < -0.39 is 0 Å². The summed E-state index contributed by atoms with van der Waals surface area (Å²) >= 11 is 0. The van der Waals surface area contributed by atoms with Gasteiger partial charge in [0.25, 0.3) is 0 Å². The van der Waals surface area contributed by atoms with Crippen LogP contribution in [0.5, 0.6) is 0 Å². The predicted octanol–water partition coefficient (Wildman–Crippen LogP) is 1.74. The zero-order valence-corrected chi connectivity index (χ0v) is 8.94. The largest absolute Gasteiger partial charge is 0.385 e. The smallest absolute Gasteiger partial charge is 0.249 e. The van der Waals surface area contributed by atoms with Gasteiger partial charge >= 0.3 is 0 Å². The number of rotatable bonds is 3. The Bertz CT molecular complexity index is 517. The first-order valence-electron chi connectivity index (χ1n) is 5.27. The van der Waals surface area contributed by atoms with Crippen LogP contribution in [0.15, 0.2) is 47.3 Å². The van der Waals surface area contributed by atoms with Gasteiger partial charge in [-0.2, -0.15) is 0 Å². The molecule has 0 amide bonds. The van der Waals surface area contributed by atoms with Crippen LogP contribution in [0.4, 0.5) is 5.82 Å². The molecule has 0 fully saturated rings. The van der Waals surface area contributed by atoms with Crippen LogP contribution in [-0.4, -0.2) is 4.98 Å². The van der Waals surface area contributed by atoms with Crippen LogP contribution in [0.25, 0.3) is 0 Å². The van der Waals surface area contributed by atoms with Gasteiger partial charge in [-0.05, 0) is 30.0 Å². The number of anilines is 1. The minimum absolute atomic E-state index is 0.136. The quantitative estimate of drug-likeness (QED) is 0.817. The summed E-state index contributed by atoms with van der Waals surface area (Å²) in [6.07, 6.45) is 1.75. The third-order valence-corrected chi connectivity index (χ3v) is 2.47. The molecule has 0 atom stereocenters. The summed E-state index contributed by atoms with van der Waals surface area (Å²) in [5, 5.41) is 0. The number of aromatic amines is 1. The number of nitrogen functional groups attached to an aromatic ring is 1. The molecule has 0 aliphatic rings. The fraction of sp³-hybridized carbons (Fsp3) is 0.154. The minimum atomic E-state index is -0.136. The molecule has 0 spiro atoms. The Kier molecular flexibility index (Phi) is 3.05. The molecule has 0 aliphatic carbocycles. The molecule has 3 heteroatoms. The highest BCUT2D eigenvalue weighted by atomic mass is 16.1. The number of hydrogen-bond donors (Lipinski definition) is 2. The highest BCUT2D eigenvalue weighted by Gasteiger charge is 1.98. The number of aryl methyl sites for hydroxylation is 2. The first-order chi connectivity index (χ1) is 7.74. The van der Waals surface area contributed by atoms with Crippen LogP contribution < -0.4 is 11.3 Å². The van der Waals surface area contributed by atoms with E-state index in [-0.39, 0.29) is 5.56 Å². The van der Waals surface area contributed by atoms with Crippen molar-refractivity contribution in [2.75, 3.05) is 5.73 Å². The van der Waals surface area contributed by atoms with E-state index >= 15 is 0 Å². The summed E-state index contributed by atoms with van der Waals surface area (Å²) in [6.45, 7) is 0. The van der Waals surface area contributed by atoms with Crippen LogP contribution in [0.1, 0.15) is 11.1 Å². The van der Waals surface area contributed by atoms with Crippen LogP contribution in [0.2, 0.25) is 0 Å². The fourth-order valence-corrected chi connectivity index (χ4v) is 1.70. The Morgan fingerprint density at radius 1 is 1.00 bits per heavy atom. The molecule has 2 rings (SSSR count). The Labute approximate surface area is 93.9 Å². The van der Waals surface area contributed by atoms with Crippen molar-refractivity contribution in [3.63, 3.8) is 0 Å². The van der Waals surface area contributed by atoms with E-state index in [9.17, 15) is 4.79 Å². The van der Waals surface area contributed by atoms with Gasteiger partial charge in [-0.15, -0.1) is 0 Å².